The van der Waals surface area contributed by atoms with Crippen LogP contribution in [0.2, 0.25) is 0 Å². The fourth-order valence-electron chi connectivity index (χ4n) is 2.40. The van der Waals surface area contributed by atoms with Gasteiger partial charge in [0.05, 0.1) is 11.8 Å². The molecule has 0 radical (unpaired) electrons. The Morgan fingerprint density at radius 1 is 1.04 bits per heavy atom. The highest BCUT2D eigenvalue weighted by Gasteiger charge is 2.13. The number of nitrogens with one attached hydrogen (secondary N) is 1. The van der Waals surface area contributed by atoms with E-state index in [1.807, 2.05) is 42.5 Å². The molecule has 0 amide bonds. The van der Waals surface area contributed by atoms with E-state index in [9.17, 15) is 4.79 Å². The van der Waals surface area contributed by atoms with Crippen LogP contribution in [0.4, 0.5) is 0 Å². The molecule has 0 fully saturated rings. The Balaban J connectivity index is 1.88. The van der Waals surface area contributed by atoms with Crippen molar-refractivity contribution in [1.82, 2.24) is 5.43 Å². The first kappa shape index (κ1) is 16.6. The summed E-state index contributed by atoms with van der Waals surface area (Å²) in [4.78, 5) is 12.6. The molecule has 0 saturated carbocycles. The third kappa shape index (κ3) is 3.99. The van der Waals surface area contributed by atoms with E-state index in [2.05, 4.69) is 10.5 Å². The molecule has 5 nitrogen and oxygen atoms in total. The zero-order valence-electron chi connectivity index (χ0n) is 13.2. The van der Waals surface area contributed by atoms with Crippen molar-refractivity contribution in [2.24, 2.45) is 10.8 Å². The SMILES string of the molecule is NC(=S)N/N=C\c1ccccc1OC(=O)c1cccc2ccccc12. The van der Waals surface area contributed by atoms with Gasteiger partial charge in [-0.1, -0.05) is 48.5 Å². The van der Waals surface area contributed by atoms with E-state index >= 15 is 0 Å². The summed E-state index contributed by atoms with van der Waals surface area (Å²) >= 11 is 4.69. The lowest BCUT2D eigenvalue weighted by molar-refractivity contribution is 0.0736. The summed E-state index contributed by atoms with van der Waals surface area (Å²) in [5.41, 5.74) is 8.92. The van der Waals surface area contributed by atoms with Gasteiger partial charge in [-0.05, 0) is 41.2 Å². The lowest BCUT2D eigenvalue weighted by Crippen LogP contribution is -2.24. The molecule has 0 atom stereocenters. The number of carbonyl (C=O) groups is 1. The van der Waals surface area contributed by atoms with E-state index in [1.165, 1.54) is 6.21 Å². The summed E-state index contributed by atoms with van der Waals surface area (Å²) < 4.78 is 5.58. The molecule has 6 heteroatoms. The van der Waals surface area contributed by atoms with Crippen molar-refractivity contribution in [3.8, 4) is 5.75 Å². The predicted molar refractivity (Wildman–Crippen MR) is 103 cm³/mol. The number of fused-ring (bicyclic) bond motifs is 1. The van der Waals surface area contributed by atoms with Gasteiger partial charge in [0.2, 0.25) is 0 Å². The van der Waals surface area contributed by atoms with Gasteiger partial charge in [-0.2, -0.15) is 5.10 Å². The molecule has 0 aliphatic heterocycles. The number of hydrazone groups is 1. The van der Waals surface area contributed by atoms with Gasteiger partial charge in [0.25, 0.3) is 0 Å². The normalized spacial score (nSPS) is 10.7. The van der Waals surface area contributed by atoms with Gasteiger partial charge < -0.3 is 10.5 Å². The number of rotatable bonds is 4. The van der Waals surface area contributed by atoms with Crippen LogP contribution in [-0.2, 0) is 0 Å². The van der Waals surface area contributed by atoms with Crippen molar-refractivity contribution in [2.45, 2.75) is 0 Å². The van der Waals surface area contributed by atoms with Crippen LogP contribution < -0.4 is 15.9 Å². The van der Waals surface area contributed by atoms with Gasteiger partial charge in [0, 0.05) is 5.56 Å². The largest absolute Gasteiger partial charge is 0.422 e. The van der Waals surface area contributed by atoms with Crippen LogP contribution in [-0.4, -0.2) is 17.3 Å². The van der Waals surface area contributed by atoms with Crippen molar-refractivity contribution in [3.63, 3.8) is 0 Å². The molecular weight excluding hydrogens is 334 g/mol. The Kier molecular flexibility index (Phi) is 5.01. The minimum Gasteiger partial charge on any atom is -0.422 e. The molecule has 124 valence electrons. The number of benzene rings is 3. The van der Waals surface area contributed by atoms with Gasteiger partial charge in [-0.25, -0.2) is 4.79 Å². The third-order valence-corrected chi connectivity index (χ3v) is 3.60. The first-order valence-corrected chi connectivity index (χ1v) is 7.93. The summed E-state index contributed by atoms with van der Waals surface area (Å²) in [6, 6.07) is 20.3. The van der Waals surface area contributed by atoms with Crippen LogP contribution in [0.15, 0.2) is 71.8 Å². The average molecular weight is 349 g/mol. The molecule has 25 heavy (non-hydrogen) atoms. The molecule has 0 saturated heterocycles. The van der Waals surface area contributed by atoms with Gasteiger partial charge in [-0.15, -0.1) is 0 Å². The van der Waals surface area contributed by atoms with E-state index in [1.54, 1.807) is 24.3 Å². The van der Waals surface area contributed by atoms with Crippen molar-refractivity contribution >= 4 is 40.3 Å². The molecule has 3 aromatic carbocycles. The number of hydrogen-bond acceptors (Lipinski definition) is 4. The van der Waals surface area contributed by atoms with Crippen LogP contribution in [0, 0.1) is 0 Å². The third-order valence-electron chi connectivity index (χ3n) is 3.51. The standard InChI is InChI=1S/C19H15N3O2S/c20-19(25)22-21-12-14-7-2-4-11-17(14)24-18(23)16-10-5-8-13-6-1-3-9-15(13)16/h1-12H,(H3,20,22,25)/b21-12-. The van der Waals surface area contributed by atoms with Crippen LogP contribution in [0.5, 0.6) is 5.75 Å². The van der Waals surface area contributed by atoms with E-state index in [0.717, 1.165) is 10.8 Å². The van der Waals surface area contributed by atoms with E-state index in [4.69, 9.17) is 22.7 Å². The summed E-state index contributed by atoms with van der Waals surface area (Å²) in [6.07, 6.45) is 1.49. The van der Waals surface area contributed by atoms with E-state index in [0.29, 0.717) is 16.9 Å². The second-order valence-corrected chi connectivity index (χ2v) is 5.63. The zero-order chi connectivity index (χ0) is 17.6. The lowest BCUT2D eigenvalue weighted by Gasteiger charge is -2.09. The highest BCUT2D eigenvalue weighted by atomic mass is 32.1. The highest BCUT2D eigenvalue weighted by molar-refractivity contribution is 7.80. The maximum atomic E-state index is 12.6. The molecule has 3 rings (SSSR count). The molecule has 0 bridgehead atoms. The van der Waals surface area contributed by atoms with Gasteiger partial charge >= 0.3 is 5.97 Å². The Morgan fingerprint density at radius 2 is 1.76 bits per heavy atom. The number of thiocarbonyl (C=S) groups is 1. The van der Waals surface area contributed by atoms with Gasteiger partial charge in [0.1, 0.15) is 5.75 Å². The van der Waals surface area contributed by atoms with Crippen molar-refractivity contribution in [2.75, 3.05) is 0 Å². The van der Waals surface area contributed by atoms with Crippen molar-refractivity contribution < 1.29 is 9.53 Å². The summed E-state index contributed by atoms with van der Waals surface area (Å²) in [5, 5.41) is 5.78. The molecule has 0 aliphatic carbocycles. The predicted octanol–water partition coefficient (Wildman–Crippen LogP) is 3.23. The maximum Gasteiger partial charge on any atom is 0.344 e. The molecule has 0 heterocycles. The summed E-state index contributed by atoms with van der Waals surface area (Å²) in [6.45, 7) is 0. The number of para-hydroxylation sites is 1. The van der Waals surface area contributed by atoms with Crippen LogP contribution in [0.1, 0.15) is 15.9 Å². The second-order valence-electron chi connectivity index (χ2n) is 5.19. The molecule has 0 spiro atoms. The Hall–Kier alpha value is -3.25. The fourth-order valence-corrected chi connectivity index (χ4v) is 2.46. The monoisotopic (exact) mass is 349 g/mol. The van der Waals surface area contributed by atoms with Crippen LogP contribution in [0.25, 0.3) is 10.8 Å². The number of nitrogens with two attached hydrogens (primary N) is 1. The quantitative estimate of drug-likeness (QED) is 0.249. The summed E-state index contributed by atoms with van der Waals surface area (Å²) in [7, 11) is 0. The van der Waals surface area contributed by atoms with Crippen molar-refractivity contribution in [3.05, 3.63) is 77.9 Å². The molecular formula is C19H15N3O2S. The summed E-state index contributed by atoms with van der Waals surface area (Å²) in [5.74, 6) is -0.0334. The Morgan fingerprint density at radius 3 is 2.60 bits per heavy atom. The van der Waals surface area contributed by atoms with Gasteiger partial charge in [-0.3, -0.25) is 5.43 Å². The Labute approximate surface area is 150 Å². The molecule has 0 aromatic heterocycles. The number of ether oxygens (including phenoxy) is 1. The molecule has 3 aromatic rings. The van der Waals surface area contributed by atoms with Crippen molar-refractivity contribution in [1.29, 1.82) is 0 Å². The topological polar surface area (TPSA) is 76.7 Å². The minimum atomic E-state index is -0.431. The second kappa shape index (κ2) is 7.55. The smallest absolute Gasteiger partial charge is 0.344 e. The average Bonchev–Trinajstić information content (AvgIpc) is 2.62. The maximum absolute atomic E-state index is 12.6. The fraction of sp³-hybridized carbons (Fsp3) is 0. The molecule has 0 aliphatic rings. The Bertz CT molecular complexity index is 964. The number of hydrogen-bond donors (Lipinski definition) is 2. The van der Waals surface area contributed by atoms with E-state index in [-0.39, 0.29) is 5.11 Å². The van der Waals surface area contributed by atoms with Crippen LogP contribution in [0.3, 0.4) is 0 Å². The number of nitrogens with zero attached hydrogens (tertiary/aromatic N) is 1. The first-order chi connectivity index (χ1) is 12.1. The zero-order valence-corrected chi connectivity index (χ0v) is 14.0. The number of esters is 1. The molecule has 0 unspecified atom stereocenters. The highest BCUT2D eigenvalue weighted by Crippen LogP contribution is 2.22. The lowest BCUT2D eigenvalue weighted by atomic mass is 10.0. The van der Waals surface area contributed by atoms with E-state index < -0.39 is 5.97 Å². The first-order valence-electron chi connectivity index (χ1n) is 7.52. The van der Waals surface area contributed by atoms with Crippen LogP contribution >= 0.6 is 12.2 Å². The number of carbonyl (C=O) groups excluding carboxylic acids is 1. The minimum absolute atomic E-state index is 0.0569. The molecule has 3 N–H and O–H groups in total. The van der Waals surface area contributed by atoms with Gasteiger partial charge in [0.15, 0.2) is 5.11 Å².